The zero-order valence-corrected chi connectivity index (χ0v) is 36.4. The maximum atomic E-state index is 13.5. The molecule has 0 spiro atoms. The van der Waals surface area contributed by atoms with E-state index in [0.717, 1.165) is 16.7 Å². The number of nitrogens with zero attached hydrogens (tertiary/aromatic N) is 8. The van der Waals surface area contributed by atoms with Gasteiger partial charge in [0.05, 0.1) is 31.9 Å². The molecular formula is C45H50F3N10O6+. The van der Waals surface area contributed by atoms with E-state index in [1.807, 2.05) is 63.5 Å². The smallest absolute Gasteiger partial charge is 0.405 e. The number of nitrogens with two attached hydrogens (primary N) is 1. The molecule has 16 nitrogen and oxygen atoms in total. The first-order chi connectivity index (χ1) is 30.4. The van der Waals surface area contributed by atoms with E-state index in [4.69, 9.17) is 20.3 Å². The quantitative estimate of drug-likeness (QED) is 0.106. The van der Waals surface area contributed by atoms with Gasteiger partial charge in [-0.15, -0.1) is 10.2 Å². The van der Waals surface area contributed by atoms with Crippen molar-refractivity contribution < 1.29 is 47.0 Å². The number of nitrogens with one attached hydrogen (secondary N) is 1. The van der Waals surface area contributed by atoms with Gasteiger partial charge in [-0.2, -0.15) is 17.7 Å². The number of likely N-dealkylation sites (N-methyl/N-ethyl adjacent to an activating group) is 1. The number of phenolic OH excluding ortho intramolecular Hbond substituents is 2. The Morgan fingerprint density at radius 2 is 1.62 bits per heavy atom. The second kappa shape index (κ2) is 18.0. The number of aromatic nitrogens is 6. The number of phenols is 2. The number of alkyl halides is 3. The largest absolute Gasteiger partial charge is 0.508 e. The molecule has 6 aromatic rings. The predicted octanol–water partition coefficient (Wildman–Crippen LogP) is 5.58. The minimum absolute atomic E-state index is 0.0299. The fourth-order valence-corrected chi connectivity index (χ4v) is 7.85. The van der Waals surface area contributed by atoms with Gasteiger partial charge < -0.3 is 30.7 Å². The number of aromatic hydroxyl groups is 2. The van der Waals surface area contributed by atoms with E-state index in [2.05, 4.69) is 20.0 Å². The summed E-state index contributed by atoms with van der Waals surface area (Å²) in [6.45, 7) is 8.04. The van der Waals surface area contributed by atoms with Crippen LogP contribution >= 0.6 is 0 Å². The molecule has 1 aliphatic rings. The van der Waals surface area contributed by atoms with Crippen molar-refractivity contribution in [2.45, 2.75) is 52.5 Å². The number of methoxy groups -OCH3 is 2. The summed E-state index contributed by atoms with van der Waals surface area (Å²) in [6, 6.07) is 20.8. The Morgan fingerprint density at radius 1 is 0.922 bits per heavy atom. The molecule has 5 N–H and O–H groups in total. The van der Waals surface area contributed by atoms with Crippen molar-refractivity contribution in [3.05, 3.63) is 107 Å². The third kappa shape index (κ3) is 9.07. The molecule has 2 aromatic heterocycles. The number of piperazine rings is 1. The topological polar surface area (TPSA) is 190 Å². The number of hydrogen-bond donors (Lipinski definition) is 4. The molecule has 0 bridgehead atoms. The van der Waals surface area contributed by atoms with Gasteiger partial charge in [-0.3, -0.25) is 24.0 Å². The first-order valence-corrected chi connectivity index (χ1v) is 20.4. The van der Waals surface area contributed by atoms with E-state index < -0.39 is 36.5 Å². The molecule has 1 atom stereocenters. The van der Waals surface area contributed by atoms with Crippen molar-refractivity contribution in [1.29, 1.82) is 0 Å². The number of rotatable bonds is 13. The fraction of sp³-hybridized carbons (Fsp3) is 0.333. The van der Waals surface area contributed by atoms with E-state index >= 15 is 0 Å². The monoisotopic (exact) mass is 883 g/mol. The molecule has 1 fully saturated rings. The number of primary amides is 1. The zero-order valence-electron chi connectivity index (χ0n) is 36.4. The second-order valence-corrected chi connectivity index (χ2v) is 16.1. The zero-order chi connectivity index (χ0) is 46.2. The van der Waals surface area contributed by atoms with Crippen molar-refractivity contribution in [1.82, 2.24) is 39.7 Å². The van der Waals surface area contributed by atoms with Crippen LogP contribution in [0, 0.1) is 13.8 Å². The lowest BCUT2D eigenvalue weighted by Crippen LogP contribution is -2.50. The average Bonchev–Trinajstić information content (AvgIpc) is 3.88. The van der Waals surface area contributed by atoms with Crippen LogP contribution in [0.2, 0.25) is 0 Å². The molecule has 336 valence electrons. The molecule has 64 heavy (non-hydrogen) atoms. The molecule has 19 heteroatoms. The van der Waals surface area contributed by atoms with E-state index in [1.165, 1.54) is 17.7 Å². The molecule has 4 aromatic carbocycles. The molecule has 0 saturated carbocycles. The molecule has 7 rings (SSSR count). The van der Waals surface area contributed by atoms with E-state index in [1.54, 1.807) is 59.7 Å². The summed E-state index contributed by atoms with van der Waals surface area (Å²) in [5.41, 5.74) is 11.0. The van der Waals surface area contributed by atoms with E-state index in [0.29, 0.717) is 66.0 Å². The van der Waals surface area contributed by atoms with Gasteiger partial charge in [0.15, 0.2) is 12.0 Å². The Kier molecular flexibility index (Phi) is 12.7. The number of ether oxygens (including phenoxy) is 2. The van der Waals surface area contributed by atoms with Crippen molar-refractivity contribution in [2.75, 3.05) is 47.4 Å². The molecule has 1 saturated heterocycles. The van der Waals surface area contributed by atoms with Gasteiger partial charge in [0.25, 0.3) is 5.91 Å². The molecule has 0 radical (unpaired) electrons. The predicted molar refractivity (Wildman–Crippen MR) is 230 cm³/mol. The average molecular weight is 884 g/mol. The Bertz CT molecular complexity index is 2700. The van der Waals surface area contributed by atoms with Crippen LogP contribution in [0.5, 0.6) is 23.0 Å². The summed E-state index contributed by atoms with van der Waals surface area (Å²) in [5, 5.41) is 36.8. The van der Waals surface area contributed by atoms with Crippen LogP contribution in [-0.2, 0) is 6.54 Å². The Hall–Kier alpha value is -6.99. The van der Waals surface area contributed by atoms with Crippen LogP contribution < -0.4 is 25.1 Å². The van der Waals surface area contributed by atoms with Crippen LogP contribution in [0.25, 0.3) is 34.2 Å². The first-order valence-electron chi connectivity index (χ1n) is 20.4. The lowest BCUT2D eigenvalue weighted by atomic mass is 9.98. The molecule has 1 aliphatic heterocycles. The Labute approximate surface area is 367 Å². The van der Waals surface area contributed by atoms with Crippen molar-refractivity contribution in [2.24, 2.45) is 5.73 Å². The second-order valence-electron chi connectivity index (χ2n) is 16.1. The van der Waals surface area contributed by atoms with Gasteiger partial charge >= 0.3 is 23.7 Å². The summed E-state index contributed by atoms with van der Waals surface area (Å²) in [7, 11) is 4.98. The van der Waals surface area contributed by atoms with Crippen LogP contribution in [0.4, 0.5) is 13.2 Å². The van der Waals surface area contributed by atoms with Gasteiger partial charge in [-0.05, 0) is 104 Å². The number of aryl methyl sites for hydroxylation is 2. The van der Waals surface area contributed by atoms with E-state index in [9.17, 15) is 33.0 Å². The lowest BCUT2D eigenvalue weighted by molar-refractivity contribution is -0.587. The van der Waals surface area contributed by atoms with Crippen molar-refractivity contribution in [3.63, 3.8) is 0 Å². The van der Waals surface area contributed by atoms with Gasteiger partial charge in [-0.25, -0.2) is 0 Å². The maximum Gasteiger partial charge on any atom is 0.405 e. The highest BCUT2D eigenvalue weighted by molar-refractivity contribution is 5.92. The number of carbonyl (C=O) groups excluding carboxylic acids is 2. The number of amides is 2. The summed E-state index contributed by atoms with van der Waals surface area (Å²) in [6.07, 6.45) is -5.13. The number of hydrogen-bond acceptors (Lipinski definition) is 11. The summed E-state index contributed by atoms with van der Waals surface area (Å²) in [5.74, 6) is -0.706. The highest BCUT2D eigenvalue weighted by Crippen LogP contribution is 2.39. The number of carbonyl (C=O) groups is 2. The molecule has 1 unspecified atom stereocenters. The standard InChI is InChI=1S/C45H49F3N10O6/c1-25(2)32-20-34(36(60)21-37(32)64-7)40-51-52-42(43(62)50-24-45(46,47)48)56(40)29-10-8-28(9-11-29)22-55-17-16-54(5)38(23-55)58-44(39(49)61)57(30-12-14-31(63-6)15-13-30)41(53-58)33-18-27(4)35(59)19-26(33)3/h8-15,18-21,25,38H,16-17,22-24H2,1-7H3,(H4-,49,50,51,53,59,60,61,62)/p+1. The fourth-order valence-electron chi connectivity index (χ4n) is 7.85. The third-order valence-corrected chi connectivity index (χ3v) is 11.3. The maximum absolute atomic E-state index is 13.5. The molecule has 3 heterocycles. The molecular weight excluding hydrogens is 834 g/mol. The van der Waals surface area contributed by atoms with Gasteiger partial charge in [-0.1, -0.05) is 30.7 Å². The summed E-state index contributed by atoms with van der Waals surface area (Å²) >= 11 is 0. The van der Waals surface area contributed by atoms with Gasteiger partial charge in [0.2, 0.25) is 5.82 Å². The van der Waals surface area contributed by atoms with Crippen LogP contribution in [-0.4, -0.2) is 110 Å². The minimum Gasteiger partial charge on any atom is -0.508 e. The minimum atomic E-state index is -4.67. The first kappa shape index (κ1) is 45.0. The van der Waals surface area contributed by atoms with Crippen LogP contribution in [0.3, 0.4) is 0 Å². The molecule has 0 aliphatic carbocycles. The third-order valence-electron chi connectivity index (χ3n) is 11.3. The van der Waals surface area contributed by atoms with Gasteiger partial charge in [0.1, 0.15) is 35.2 Å². The highest BCUT2D eigenvalue weighted by Gasteiger charge is 2.40. The lowest BCUT2D eigenvalue weighted by Gasteiger charge is -2.36. The van der Waals surface area contributed by atoms with Crippen molar-refractivity contribution >= 4 is 11.8 Å². The Morgan fingerprint density at radius 3 is 2.25 bits per heavy atom. The van der Waals surface area contributed by atoms with Gasteiger partial charge in [0, 0.05) is 36.5 Å². The van der Waals surface area contributed by atoms with Crippen molar-refractivity contribution in [3.8, 4) is 57.1 Å². The highest BCUT2D eigenvalue weighted by atomic mass is 19.4. The normalized spacial score (nSPS) is 14.8. The summed E-state index contributed by atoms with van der Waals surface area (Å²) < 4.78 is 55.1. The SMILES string of the molecule is COc1ccc(-[n+]2c(-c3cc(C)c(O)cc3C)nn(C3CN(Cc4ccc(-n5c(C(=O)NCC(F)(F)F)nnc5-c5cc(C(C)C)c(OC)cc5O)cc4)CCN3C)c2C(N)=O)cc1. The number of benzene rings is 4. The summed E-state index contributed by atoms with van der Waals surface area (Å²) in [4.78, 5) is 31.1. The number of halogens is 3. The Balaban J connectivity index is 1.24. The van der Waals surface area contributed by atoms with Crippen LogP contribution in [0.1, 0.15) is 69.4 Å². The van der Waals surface area contributed by atoms with E-state index in [-0.39, 0.29) is 34.6 Å². The molecule has 2 amide bonds. The van der Waals surface area contributed by atoms with Crippen LogP contribution in [0.15, 0.2) is 72.8 Å².